The molecule has 0 fully saturated rings. The molecule has 3 aromatic carbocycles. The summed E-state index contributed by atoms with van der Waals surface area (Å²) in [5.74, 6) is -0.784. The largest absolute Gasteiger partial charge is 0.350 e. The maximum atomic E-state index is 13.3. The van der Waals surface area contributed by atoms with E-state index >= 15 is 0 Å². The molecule has 144 valence electrons. The summed E-state index contributed by atoms with van der Waals surface area (Å²) in [4.78, 5) is 27.9. The first kappa shape index (κ1) is 19.4. The van der Waals surface area contributed by atoms with Gasteiger partial charge in [-0.15, -0.1) is 0 Å². The van der Waals surface area contributed by atoms with E-state index in [4.69, 9.17) is 11.6 Å². The number of anilines is 2. The van der Waals surface area contributed by atoms with Crippen molar-refractivity contribution in [2.75, 3.05) is 10.2 Å². The number of hydrogen-bond donors (Lipinski definition) is 1. The number of rotatable bonds is 4. The van der Waals surface area contributed by atoms with Gasteiger partial charge in [-0.25, -0.2) is 4.90 Å². The van der Waals surface area contributed by atoms with Crippen molar-refractivity contribution in [1.82, 2.24) is 0 Å². The lowest BCUT2D eigenvalue weighted by Gasteiger charge is -2.16. The lowest BCUT2D eigenvalue weighted by atomic mass is 10.0. The van der Waals surface area contributed by atoms with E-state index in [1.54, 1.807) is 30.3 Å². The van der Waals surface area contributed by atoms with Gasteiger partial charge in [0.1, 0.15) is 5.70 Å². The summed E-state index contributed by atoms with van der Waals surface area (Å²) >= 11 is 9.54. The van der Waals surface area contributed by atoms with Crippen LogP contribution in [0.1, 0.15) is 11.1 Å². The van der Waals surface area contributed by atoms with Gasteiger partial charge in [-0.2, -0.15) is 0 Å². The van der Waals surface area contributed by atoms with Crippen molar-refractivity contribution in [2.45, 2.75) is 6.92 Å². The number of nitrogens with one attached hydrogen (secondary N) is 1. The van der Waals surface area contributed by atoms with E-state index in [1.165, 1.54) is 4.90 Å². The molecule has 2 amide bonds. The monoisotopic (exact) mass is 466 g/mol. The van der Waals surface area contributed by atoms with Crippen molar-refractivity contribution in [2.24, 2.45) is 0 Å². The Morgan fingerprint density at radius 2 is 1.66 bits per heavy atom. The van der Waals surface area contributed by atoms with Crippen LogP contribution in [0.3, 0.4) is 0 Å². The van der Waals surface area contributed by atoms with Crippen LogP contribution in [-0.2, 0) is 9.59 Å². The molecule has 1 N–H and O–H groups in total. The molecule has 0 spiro atoms. The lowest BCUT2D eigenvalue weighted by molar-refractivity contribution is -0.120. The average molecular weight is 468 g/mol. The Hall–Kier alpha value is -2.89. The third kappa shape index (κ3) is 3.71. The Morgan fingerprint density at radius 1 is 0.897 bits per heavy atom. The van der Waals surface area contributed by atoms with E-state index in [-0.39, 0.29) is 11.6 Å². The number of carbonyl (C=O) groups is 2. The molecule has 6 heteroatoms. The van der Waals surface area contributed by atoms with Crippen LogP contribution >= 0.6 is 27.5 Å². The smallest absolute Gasteiger partial charge is 0.282 e. The SMILES string of the molecule is Cc1ccc(Cl)cc1NC1=C(c2ccccc2)C(=O)N(c2cccc(Br)c2)C1=O. The molecular weight excluding hydrogens is 452 g/mol. The van der Waals surface area contributed by atoms with Gasteiger partial charge in [0, 0.05) is 15.2 Å². The fourth-order valence-corrected chi connectivity index (χ4v) is 3.79. The second-order valence-corrected chi connectivity index (χ2v) is 7.98. The normalized spacial score (nSPS) is 14.0. The van der Waals surface area contributed by atoms with Crippen molar-refractivity contribution in [3.63, 3.8) is 0 Å². The van der Waals surface area contributed by atoms with Crippen molar-refractivity contribution in [3.05, 3.63) is 99.1 Å². The fraction of sp³-hybridized carbons (Fsp3) is 0.0435. The van der Waals surface area contributed by atoms with Gasteiger partial charge in [-0.1, -0.05) is 70.0 Å². The number of imide groups is 1. The van der Waals surface area contributed by atoms with Gasteiger partial charge >= 0.3 is 0 Å². The summed E-state index contributed by atoms with van der Waals surface area (Å²) in [7, 11) is 0. The van der Waals surface area contributed by atoms with Crippen molar-refractivity contribution in [3.8, 4) is 0 Å². The maximum Gasteiger partial charge on any atom is 0.282 e. The molecule has 0 saturated heterocycles. The molecular formula is C23H16BrClN2O2. The second-order valence-electron chi connectivity index (χ2n) is 6.63. The Morgan fingerprint density at radius 3 is 2.38 bits per heavy atom. The molecule has 0 bridgehead atoms. The topological polar surface area (TPSA) is 49.4 Å². The molecule has 0 atom stereocenters. The molecule has 0 aromatic heterocycles. The number of halogens is 2. The van der Waals surface area contributed by atoms with E-state index < -0.39 is 5.91 Å². The van der Waals surface area contributed by atoms with Gasteiger partial charge in [0.05, 0.1) is 11.3 Å². The van der Waals surface area contributed by atoms with Crippen LogP contribution in [0.5, 0.6) is 0 Å². The van der Waals surface area contributed by atoms with Crippen LogP contribution in [-0.4, -0.2) is 11.8 Å². The molecule has 1 aliphatic rings. The van der Waals surface area contributed by atoms with E-state index in [2.05, 4.69) is 21.2 Å². The number of nitrogens with zero attached hydrogens (tertiary/aromatic N) is 1. The highest BCUT2D eigenvalue weighted by atomic mass is 79.9. The Kier molecular flexibility index (Phi) is 5.26. The van der Waals surface area contributed by atoms with Crippen LogP contribution in [0.2, 0.25) is 5.02 Å². The number of amides is 2. The number of hydrogen-bond acceptors (Lipinski definition) is 3. The zero-order chi connectivity index (χ0) is 20.5. The van der Waals surface area contributed by atoms with Gasteiger partial charge < -0.3 is 5.32 Å². The Bertz CT molecular complexity index is 1160. The van der Waals surface area contributed by atoms with Crippen molar-refractivity contribution < 1.29 is 9.59 Å². The Labute approximate surface area is 181 Å². The van der Waals surface area contributed by atoms with Crippen LogP contribution < -0.4 is 10.2 Å². The predicted molar refractivity (Wildman–Crippen MR) is 120 cm³/mol. The summed E-state index contributed by atoms with van der Waals surface area (Å²) in [6.07, 6.45) is 0. The highest BCUT2D eigenvalue weighted by Gasteiger charge is 2.40. The molecule has 4 rings (SSSR count). The minimum Gasteiger partial charge on any atom is -0.350 e. The third-order valence-electron chi connectivity index (χ3n) is 4.67. The van der Waals surface area contributed by atoms with Crippen LogP contribution in [0.15, 0.2) is 83.0 Å². The first-order valence-electron chi connectivity index (χ1n) is 8.93. The minimum atomic E-state index is -0.411. The zero-order valence-corrected chi connectivity index (χ0v) is 17.8. The van der Waals surface area contributed by atoms with E-state index in [1.807, 2.05) is 49.4 Å². The number of carbonyl (C=O) groups excluding carboxylic acids is 2. The molecule has 1 aliphatic heterocycles. The number of aryl methyl sites for hydroxylation is 1. The van der Waals surface area contributed by atoms with Gasteiger partial charge in [0.15, 0.2) is 0 Å². The molecule has 0 aliphatic carbocycles. The standard InChI is InChI=1S/C23H16BrClN2O2/c1-14-10-11-17(25)13-19(14)26-21-20(15-6-3-2-4-7-15)22(28)27(23(21)29)18-9-5-8-16(24)12-18/h2-13,26H,1H3. The molecule has 29 heavy (non-hydrogen) atoms. The molecule has 4 nitrogen and oxygen atoms in total. The second kappa shape index (κ2) is 7.85. The number of benzene rings is 3. The quantitative estimate of drug-likeness (QED) is 0.493. The zero-order valence-electron chi connectivity index (χ0n) is 15.4. The summed E-state index contributed by atoms with van der Waals surface area (Å²) in [5.41, 5.74) is 3.32. The summed E-state index contributed by atoms with van der Waals surface area (Å²) in [6, 6.07) is 21.7. The summed E-state index contributed by atoms with van der Waals surface area (Å²) in [6.45, 7) is 1.91. The van der Waals surface area contributed by atoms with Crippen LogP contribution in [0, 0.1) is 6.92 Å². The van der Waals surface area contributed by atoms with Gasteiger partial charge in [-0.05, 0) is 48.4 Å². The first-order chi connectivity index (χ1) is 14.0. The molecule has 1 heterocycles. The fourth-order valence-electron chi connectivity index (χ4n) is 3.23. The van der Waals surface area contributed by atoms with E-state index in [0.717, 1.165) is 10.0 Å². The van der Waals surface area contributed by atoms with Crippen LogP contribution in [0.25, 0.3) is 5.57 Å². The minimum absolute atomic E-state index is 0.228. The molecule has 0 radical (unpaired) electrons. The predicted octanol–water partition coefficient (Wildman–Crippen LogP) is 5.81. The molecule has 0 unspecified atom stereocenters. The maximum absolute atomic E-state index is 13.3. The van der Waals surface area contributed by atoms with E-state index in [0.29, 0.717) is 27.5 Å². The summed E-state index contributed by atoms with van der Waals surface area (Å²) < 4.78 is 0.781. The molecule has 0 saturated carbocycles. The van der Waals surface area contributed by atoms with Crippen LogP contribution in [0.4, 0.5) is 11.4 Å². The highest BCUT2D eigenvalue weighted by molar-refractivity contribution is 9.10. The lowest BCUT2D eigenvalue weighted by Crippen LogP contribution is -2.32. The molecule has 3 aromatic rings. The Balaban J connectivity index is 1.85. The third-order valence-corrected chi connectivity index (χ3v) is 5.40. The first-order valence-corrected chi connectivity index (χ1v) is 10.1. The van der Waals surface area contributed by atoms with Gasteiger partial charge in [0.2, 0.25) is 0 Å². The highest BCUT2D eigenvalue weighted by Crippen LogP contribution is 2.35. The summed E-state index contributed by atoms with van der Waals surface area (Å²) in [5, 5.41) is 3.71. The van der Waals surface area contributed by atoms with Crippen molar-refractivity contribution in [1.29, 1.82) is 0 Å². The van der Waals surface area contributed by atoms with Crippen molar-refractivity contribution >= 4 is 56.3 Å². The van der Waals surface area contributed by atoms with Gasteiger partial charge in [-0.3, -0.25) is 9.59 Å². The van der Waals surface area contributed by atoms with E-state index in [9.17, 15) is 9.59 Å². The van der Waals surface area contributed by atoms with Gasteiger partial charge in [0.25, 0.3) is 11.8 Å². The average Bonchev–Trinajstić information content (AvgIpc) is 2.95.